The molecular formula is C15H24N4O3. The zero-order valence-electron chi connectivity index (χ0n) is 13.3. The van der Waals surface area contributed by atoms with Gasteiger partial charge in [-0.2, -0.15) is 9.97 Å². The van der Waals surface area contributed by atoms with Gasteiger partial charge >= 0.3 is 0 Å². The van der Waals surface area contributed by atoms with Crippen molar-refractivity contribution in [2.75, 3.05) is 38.0 Å². The molecule has 3 N–H and O–H groups in total. The first-order valence-corrected chi connectivity index (χ1v) is 7.36. The highest BCUT2D eigenvalue weighted by Gasteiger charge is 2.26. The molecule has 0 spiro atoms. The summed E-state index contributed by atoms with van der Waals surface area (Å²) in [5.74, 6) is 1.24. The largest absolute Gasteiger partial charge is 0.481 e. The molecule has 1 aromatic rings. The van der Waals surface area contributed by atoms with Crippen LogP contribution in [0.25, 0.3) is 0 Å². The van der Waals surface area contributed by atoms with Crippen LogP contribution in [-0.4, -0.2) is 49.0 Å². The number of hydrogen-bond donors (Lipinski definition) is 2. The van der Waals surface area contributed by atoms with Crippen LogP contribution in [0.1, 0.15) is 20.3 Å². The summed E-state index contributed by atoms with van der Waals surface area (Å²) in [6.45, 7) is 5.92. The summed E-state index contributed by atoms with van der Waals surface area (Å²) in [6, 6.07) is 1.83. The minimum atomic E-state index is -0.0356. The number of anilines is 2. The van der Waals surface area contributed by atoms with Crippen LogP contribution >= 0.6 is 0 Å². The number of allylic oxidation sites excluding steroid dienone is 1. The fraction of sp³-hybridized carbons (Fsp3) is 0.600. The monoisotopic (exact) mass is 308 g/mol. The second-order valence-electron chi connectivity index (χ2n) is 5.42. The molecule has 0 aliphatic carbocycles. The Morgan fingerprint density at radius 2 is 2.32 bits per heavy atom. The van der Waals surface area contributed by atoms with Crippen LogP contribution in [0.3, 0.4) is 0 Å². The van der Waals surface area contributed by atoms with Crippen molar-refractivity contribution >= 4 is 11.8 Å². The van der Waals surface area contributed by atoms with Gasteiger partial charge in [0, 0.05) is 12.7 Å². The standard InChI is InChI=1S/C15H24N4O3/c1-10(2)4-7-22-12-9-21-6-5-11(12)17-13-8-14(20-3)19-15(16)18-13/h4,8,11-12H,5-7,9H2,1-3H3,(H3,16,17,18,19)/t11-,12-/m1/s1. The quantitative estimate of drug-likeness (QED) is 0.771. The first-order valence-electron chi connectivity index (χ1n) is 7.36. The molecule has 0 saturated carbocycles. The average Bonchev–Trinajstić information content (AvgIpc) is 2.48. The summed E-state index contributed by atoms with van der Waals surface area (Å²) < 4.78 is 16.5. The Morgan fingerprint density at radius 1 is 1.50 bits per heavy atom. The molecule has 2 atom stereocenters. The molecule has 22 heavy (non-hydrogen) atoms. The van der Waals surface area contributed by atoms with E-state index < -0.39 is 0 Å². The Kier molecular flexibility index (Phi) is 5.97. The average molecular weight is 308 g/mol. The lowest BCUT2D eigenvalue weighted by Crippen LogP contribution is -2.44. The van der Waals surface area contributed by atoms with Crippen LogP contribution in [0.15, 0.2) is 17.7 Å². The summed E-state index contributed by atoms with van der Waals surface area (Å²) in [5.41, 5.74) is 6.91. The third kappa shape index (κ3) is 4.85. The first-order chi connectivity index (χ1) is 10.6. The van der Waals surface area contributed by atoms with Crippen LogP contribution in [0.5, 0.6) is 5.88 Å². The third-order valence-corrected chi connectivity index (χ3v) is 3.37. The second-order valence-corrected chi connectivity index (χ2v) is 5.42. The zero-order valence-corrected chi connectivity index (χ0v) is 13.3. The maximum absolute atomic E-state index is 5.90. The van der Waals surface area contributed by atoms with Gasteiger partial charge in [-0.25, -0.2) is 0 Å². The lowest BCUT2D eigenvalue weighted by atomic mass is 10.1. The summed E-state index contributed by atoms with van der Waals surface area (Å²) in [7, 11) is 1.55. The van der Waals surface area contributed by atoms with Crippen molar-refractivity contribution in [3.05, 3.63) is 17.7 Å². The first kappa shape index (κ1) is 16.5. The fourth-order valence-corrected chi connectivity index (χ4v) is 2.19. The minimum Gasteiger partial charge on any atom is -0.481 e. The summed E-state index contributed by atoms with van der Waals surface area (Å²) in [5, 5.41) is 3.35. The molecule has 122 valence electrons. The van der Waals surface area contributed by atoms with Gasteiger partial charge in [0.15, 0.2) is 0 Å². The SMILES string of the molecule is COc1cc(N[C@@H]2CCOC[C@H]2OCC=C(C)C)nc(N)n1. The normalized spacial score (nSPS) is 21.2. The third-order valence-electron chi connectivity index (χ3n) is 3.37. The molecule has 1 saturated heterocycles. The Balaban J connectivity index is 2.01. The van der Waals surface area contributed by atoms with Crippen molar-refractivity contribution in [1.29, 1.82) is 0 Å². The zero-order chi connectivity index (χ0) is 15.9. The van der Waals surface area contributed by atoms with Gasteiger partial charge in [0.25, 0.3) is 0 Å². The van der Waals surface area contributed by atoms with E-state index >= 15 is 0 Å². The van der Waals surface area contributed by atoms with E-state index in [9.17, 15) is 0 Å². The predicted molar refractivity (Wildman–Crippen MR) is 85.0 cm³/mol. The highest BCUT2D eigenvalue weighted by molar-refractivity contribution is 5.43. The molecule has 1 fully saturated rings. The molecule has 7 heteroatoms. The molecule has 0 unspecified atom stereocenters. The molecule has 7 nitrogen and oxygen atoms in total. The summed E-state index contributed by atoms with van der Waals surface area (Å²) >= 11 is 0. The van der Waals surface area contributed by atoms with Gasteiger partial charge in [0.1, 0.15) is 11.9 Å². The molecule has 1 aliphatic heterocycles. The number of methoxy groups -OCH3 is 1. The smallest absolute Gasteiger partial charge is 0.225 e. The van der Waals surface area contributed by atoms with Crippen LogP contribution in [0.4, 0.5) is 11.8 Å². The van der Waals surface area contributed by atoms with Gasteiger partial charge in [-0.3, -0.25) is 0 Å². The van der Waals surface area contributed by atoms with E-state index in [1.165, 1.54) is 5.57 Å². The molecule has 0 aromatic carbocycles. The second kappa shape index (κ2) is 7.95. The molecule has 1 aromatic heterocycles. The van der Waals surface area contributed by atoms with Gasteiger partial charge in [-0.05, 0) is 20.3 Å². The molecular weight excluding hydrogens is 284 g/mol. The number of nitrogens with one attached hydrogen (secondary N) is 1. The van der Waals surface area contributed by atoms with E-state index in [1.807, 2.05) is 13.8 Å². The van der Waals surface area contributed by atoms with E-state index in [4.69, 9.17) is 19.9 Å². The molecule has 2 heterocycles. The Bertz CT molecular complexity index is 518. The van der Waals surface area contributed by atoms with Crippen molar-refractivity contribution in [1.82, 2.24) is 9.97 Å². The maximum atomic E-state index is 5.90. The fourth-order valence-electron chi connectivity index (χ4n) is 2.19. The molecule has 2 rings (SSSR count). The Labute approximate surface area is 130 Å². The number of nitrogens with two attached hydrogens (primary N) is 1. The van der Waals surface area contributed by atoms with Gasteiger partial charge < -0.3 is 25.3 Å². The predicted octanol–water partition coefficient (Wildman–Crippen LogP) is 1.62. The number of nitrogens with zero attached hydrogens (tertiary/aromatic N) is 2. The van der Waals surface area contributed by atoms with Crippen molar-refractivity contribution in [2.24, 2.45) is 0 Å². The number of hydrogen-bond acceptors (Lipinski definition) is 7. The number of rotatable bonds is 6. The molecule has 0 bridgehead atoms. The number of nitrogen functional groups attached to an aromatic ring is 1. The topological polar surface area (TPSA) is 91.5 Å². The van der Waals surface area contributed by atoms with Gasteiger partial charge in [0.05, 0.1) is 26.4 Å². The van der Waals surface area contributed by atoms with Gasteiger partial charge in [0.2, 0.25) is 11.8 Å². The maximum Gasteiger partial charge on any atom is 0.225 e. The lowest BCUT2D eigenvalue weighted by molar-refractivity contribution is -0.0483. The Morgan fingerprint density at radius 3 is 3.05 bits per heavy atom. The van der Waals surface area contributed by atoms with E-state index in [0.29, 0.717) is 31.5 Å². The van der Waals surface area contributed by atoms with Gasteiger partial charge in [-0.1, -0.05) is 11.6 Å². The van der Waals surface area contributed by atoms with Crippen LogP contribution in [0, 0.1) is 0 Å². The number of ether oxygens (including phenoxy) is 3. The van der Waals surface area contributed by atoms with E-state index in [1.54, 1.807) is 13.2 Å². The summed E-state index contributed by atoms with van der Waals surface area (Å²) in [6.07, 6.45) is 2.86. The van der Waals surface area contributed by atoms with Crippen molar-refractivity contribution in [3.8, 4) is 5.88 Å². The van der Waals surface area contributed by atoms with Crippen molar-refractivity contribution in [3.63, 3.8) is 0 Å². The highest BCUT2D eigenvalue weighted by Crippen LogP contribution is 2.20. The molecule has 0 amide bonds. The van der Waals surface area contributed by atoms with Crippen molar-refractivity contribution < 1.29 is 14.2 Å². The van der Waals surface area contributed by atoms with Crippen LogP contribution in [0.2, 0.25) is 0 Å². The molecule has 1 aliphatic rings. The summed E-state index contributed by atoms with van der Waals surface area (Å²) in [4.78, 5) is 8.16. The van der Waals surface area contributed by atoms with E-state index in [0.717, 1.165) is 6.42 Å². The Hall–Kier alpha value is -1.86. The lowest BCUT2D eigenvalue weighted by Gasteiger charge is -2.32. The van der Waals surface area contributed by atoms with Crippen molar-refractivity contribution in [2.45, 2.75) is 32.4 Å². The molecule has 0 radical (unpaired) electrons. The van der Waals surface area contributed by atoms with Crippen LogP contribution < -0.4 is 15.8 Å². The number of aromatic nitrogens is 2. The van der Waals surface area contributed by atoms with Gasteiger partial charge in [-0.15, -0.1) is 0 Å². The highest BCUT2D eigenvalue weighted by atomic mass is 16.5. The van der Waals surface area contributed by atoms with Crippen LogP contribution in [-0.2, 0) is 9.47 Å². The van der Waals surface area contributed by atoms with E-state index in [2.05, 4.69) is 21.4 Å². The van der Waals surface area contributed by atoms with E-state index in [-0.39, 0.29) is 18.1 Å². The minimum absolute atomic E-state index is 0.0356.